The van der Waals surface area contributed by atoms with Gasteiger partial charge in [0.1, 0.15) is 12.4 Å². The minimum Gasteiger partial charge on any atom is -0.488 e. The molecule has 1 aromatic heterocycles. The molecule has 0 radical (unpaired) electrons. The molecule has 4 aromatic rings. The van der Waals surface area contributed by atoms with E-state index in [-0.39, 0.29) is 5.91 Å². The number of nitrogens with one attached hydrogen (secondary N) is 1. The summed E-state index contributed by atoms with van der Waals surface area (Å²) in [7, 11) is 0. The maximum atomic E-state index is 12.4. The highest BCUT2D eigenvalue weighted by Crippen LogP contribution is 2.26. The number of aryl methyl sites for hydroxylation is 1. The van der Waals surface area contributed by atoms with Gasteiger partial charge in [-0.1, -0.05) is 71.7 Å². The fourth-order valence-electron chi connectivity index (χ4n) is 3.44. The SMILES string of the molecule is Cc1cc(NC(=O)Cc2ccccc2)nn1Cc1cc(Cl)ccc1OCc1ccccc1Cl. The molecule has 4 rings (SSSR count). The minimum absolute atomic E-state index is 0.114. The first kappa shape index (κ1) is 22.9. The molecule has 0 unspecified atom stereocenters. The summed E-state index contributed by atoms with van der Waals surface area (Å²) in [5.74, 6) is 1.09. The highest BCUT2D eigenvalue weighted by atomic mass is 35.5. The Hall–Kier alpha value is -3.28. The summed E-state index contributed by atoms with van der Waals surface area (Å²) in [4.78, 5) is 12.4. The first-order valence-electron chi connectivity index (χ1n) is 10.5. The molecule has 33 heavy (non-hydrogen) atoms. The van der Waals surface area contributed by atoms with E-state index in [1.807, 2.05) is 84.4 Å². The van der Waals surface area contributed by atoms with E-state index in [0.717, 1.165) is 22.4 Å². The van der Waals surface area contributed by atoms with E-state index >= 15 is 0 Å². The Labute approximate surface area is 202 Å². The number of anilines is 1. The average Bonchev–Trinajstić information content (AvgIpc) is 3.13. The number of rotatable bonds is 8. The Morgan fingerprint density at radius 3 is 2.52 bits per heavy atom. The van der Waals surface area contributed by atoms with E-state index in [9.17, 15) is 4.79 Å². The molecule has 0 saturated heterocycles. The highest BCUT2D eigenvalue weighted by Gasteiger charge is 2.12. The third kappa shape index (κ3) is 6.15. The van der Waals surface area contributed by atoms with Gasteiger partial charge in [0.2, 0.25) is 5.91 Å². The van der Waals surface area contributed by atoms with Crippen molar-refractivity contribution in [2.45, 2.75) is 26.5 Å². The summed E-state index contributed by atoms with van der Waals surface area (Å²) in [5, 5.41) is 8.70. The fourth-order valence-corrected chi connectivity index (χ4v) is 3.83. The number of amides is 1. The second kappa shape index (κ2) is 10.6. The first-order chi connectivity index (χ1) is 16.0. The first-order valence-corrected chi connectivity index (χ1v) is 11.3. The zero-order valence-corrected chi connectivity index (χ0v) is 19.6. The molecule has 0 atom stereocenters. The normalized spacial score (nSPS) is 10.8. The van der Waals surface area contributed by atoms with Crippen molar-refractivity contribution in [1.82, 2.24) is 9.78 Å². The monoisotopic (exact) mass is 479 g/mol. The molecule has 0 fully saturated rings. The Morgan fingerprint density at radius 1 is 0.970 bits per heavy atom. The minimum atomic E-state index is -0.114. The van der Waals surface area contributed by atoms with Crippen molar-refractivity contribution in [1.29, 1.82) is 0 Å². The Bertz CT molecular complexity index is 1260. The third-order valence-electron chi connectivity index (χ3n) is 5.14. The maximum absolute atomic E-state index is 12.4. The summed E-state index contributed by atoms with van der Waals surface area (Å²) in [6.45, 7) is 2.72. The van der Waals surface area contributed by atoms with Crippen LogP contribution in [0.15, 0.2) is 78.9 Å². The topological polar surface area (TPSA) is 56.2 Å². The van der Waals surface area contributed by atoms with Crippen molar-refractivity contribution in [2.75, 3.05) is 5.32 Å². The molecule has 1 heterocycles. The quantitative estimate of drug-likeness (QED) is 0.322. The predicted molar refractivity (Wildman–Crippen MR) is 132 cm³/mol. The molecule has 0 aliphatic rings. The summed E-state index contributed by atoms with van der Waals surface area (Å²) in [6.07, 6.45) is 0.293. The van der Waals surface area contributed by atoms with Crippen LogP contribution in [0.5, 0.6) is 5.75 Å². The van der Waals surface area contributed by atoms with Crippen molar-refractivity contribution in [3.05, 3.63) is 111 Å². The zero-order valence-electron chi connectivity index (χ0n) is 18.1. The lowest BCUT2D eigenvalue weighted by molar-refractivity contribution is -0.115. The smallest absolute Gasteiger partial charge is 0.229 e. The van der Waals surface area contributed by atoms with Gasteiger partial charge in [0.15, 0.2) is 5.82 Å². The third-order valence-corrected chi connectivity index (χ3v) is 5.74. The van der Waals surface area contributed by atoms with Crippen LogP contribution in [0.3, 0.4) is 0 Å². The van der Waals surface area contributed by atoms with Gasteiger partial charge in [-0.25, -0.2) is 0 Å². The molecular formula is C26H23Cl2N3O2. The van der Waals surface area contributed by atoms with Gasteiger partial charge in [0.25, 0.3) is 0 Å². The Morgan fingerprint density at radius 2 is 1.73 bits per heavy atom. The second-order valence-corrected chi connectivity index (χ2v) is 8.51. The molecule has 0 bridgehead atoms. The van der Waals surface area contributed by atoms with Gasteiger partial charge in [0, 0.05) is 32.9 Å². The molecule has 168 valence electrons. The lowest BCUT2D eigenvalue weighted by Gasteiger charge is -2.14. The number of aromatic nitrogens is 2. The summed E-state index contributed by atoms with van der Waals surface area (Å²) < 4.78 is 7.87. The predicted octanol–water partition coefficient (Wildman–Crippen LogP) is 6.31. The van der Waals surface area contributed by atoms with Crippen molar-refractivity contribution < 1.29 is 9.53 Å². The Kier molecular flexibility index (Phi) is 7.33. The molecule has 0 spiro atoms. The number of hydrogen-bond acceptors (Lipinski definition) is 3. The van der Waals surface area contributed by atoms with Crippen LogP contribution in [0.2, 0.25) is 10.0 Å². The lowest BCUT2D eigenvalue weighted by Crippen LogP contribution is -2.15. The Balaban J connectivity index is 1.46. The number of carbonyl (C=O) groups is 1. The molecule has 1 N–H and O–H groups in total. The number of ether oxygens (including phenoxy) is 1. The summed E-state index contributed by atoms with van der Waals surface area (Å²) >= 11 is 12.5. The van der Waals surface area contributed by atoms with Crippen LogP contribution in [0.25, 0.3) is 0 Å². The van der Waals surface area contributed by atoms with Gasteiger partial charge < -0.3 is 10.1 Å². The lowest BCUT2D eigenvalue weighted by atomic mass is 10.1. The van der Waals surface area contributed by atoms with Crippen LogP contribution in [0, 0.1) is 6.92 Å². The molecule has 0 saturated carbocycles. The second-order valence-electron chi connectivity index (χ2n) is 7.67. The van der Waals surface area contributed by atoms with Crippen LogP contribution in [0.4, 0.5) is 5.82 Å². The number of carbonyl (C=O) groups excluding carboxylic acids is 1. The van der Waals surface area contributed by atoms with E-state index in [1.165, 1.54) is 0 Å². The van der Waals surface area contributed by atoms with Crippen LogP contribution in [-0.2, 0) is 24.4 Å². The van der Waals surface area contributed by atoms with Crippen molar-refractivity contribution in [3.63, 3.8) is 0 Å². The molecule has 3 aromatic carbocycles. The van der Waals surface area contributed by atoms with Crippen LogP contribution in [-0.4, -0.2) is 15.7 Å². The van der Waals surface area contributed by atoms with E-state index in [4.69, 9.17) is 27.9 Å². The van der Waals surface area contributed by atoms with E-state index in [1.54, 1.807) is 6.07 Å². The molecule has 0 aliphatic heterocycles. The van der Waals surface area contributed by atoms with Crippen LogP contribution >= 0.6 is 23.2 Å². The maximum Gasteiger partial charge on any atom is 0.229 e. The highest BCUT2D eigenvalue weighted by molar-refractivity contribution is 6.31. The van der Waals surface area contributed by atoms with Crippen molar-refractivity contribution in [2.24, 2.45) is 0 Å². The molecule has 0 aliphatic carbocycles. The van der Waals surface area contributed by atoms with Crippen LogP contribution in [0.1, 0.15) is 22.4 Å². The molecule has 7 heteroatoms. The number of halogens is 2. The van der Waals surface area contributed by atoms with Crippen LogP contribution < -0.4 is 10.1 Å². The van der Waals surface area contributed by atoms with E-state index < -0.39 is 0 Å². The van der Waals surface area contributed by atoms with Gasteiger partial charge in [-0.2, -0.15) is 5.10 Å². The number of nitrogens with zero attached hydrogens (tertiary/aromatic N) is 2. The van der Waals surface area contributed by atoms with E-state index in [2.05, 4.69) is 10.4 Å². The standard InChI is InChI=1S/C26H23Cl2N3O2/c1-18-13-25(29-26(32)14-19-7-3-2-4-8-19)30-31(18)16-21-15-22(27)11-12-24(21)33-17-20-9-5-6-10-23(20)28/h2-13,15H,14,16-17H2,1H3,(H,29,30,32). The van der Waals surface area contributed by atoms with E-state index in [0.29, 0.717) is 41.2 Å². The number of benzene rings is 3. The van der Waals surface area contributed by atoms with Gasteiger partial charge in [0.05, 0.1) is 13.0 Å². The molecule has 5 nitrogen and oxygen atoms in total. The van der Waals surface area contributed by atoms with Gasteiger partial charge in [-0.3, -0.25) is 9.48 Å². The molecule has 1 amide bonds. The van der Waals surface area contributed by atoms with Gasteiger partial charge in [-0.15, -0.1) is 0 Å². The number of hydrogen-bond donors (Lipinski definition) is 1. The average molecular weight is 480 g/mol. The molecular weight excluding hydrogens is 457 g/mol. The van der Waals surface area contributed by atoms with Crippen molar-refractivity contribution >= 4 is 34.9 Å². The fraction of sp³-hybridized carbons (Fsp3) is 0.154. The van der Waals surface area contributed by atoms with Gasteiger partial charge >= 0.3 is 0 Å². The summed E-state index contributed by atoms with van der Waals surface area (Å²) in [5.41, 5.74) is 3.63. The van der Waals surface area contributed by atoms with Crippen molar-refractivity contribution in [3.8, 4) is 5.75 Å². The largest absolute Gasteiger partial charge is 0.488 e. The summed E-state index contributed by atoms with van der Waals surface area (Å²) in [6, 6.07) is 24.5. The zero-order chi connectivity index (χ0) is 23.2. The van der Waals surface area contributed by atoms with Gasteiger partial charge in [-0.05, 0) is 36.8 Å².